The number of nitrogens with one attached hydrogen (secondary N) is 1. The average Bonchev–Trinajstić information content (AvgIpc) is 3.28. The zero-order valence-corrected chi connectivity index (χ0v) is 14.4. The third-order valence-electron chi connectivity index (χ3n) is 5.16. The monoisotopic (exact) mass is 345 g/mol. The molecule has 4 rings (SSSR count). The molecule has 0 aromatic carbocycles. The summed E-state index contributed by atoms with van der Waals surface area (Å²) in [7, 11) is 1.60. The molecule has 0 spiro atoms. The van der Waals surface area contributed by atoms with E-state index in [1.54, 1.807) is 13.4 Å². The summed E-state index contributed by atoms with van der Waals surface area (Å²) in [5, 5.41) is 1.03. The Kier molecular flexibility index (Phi) is 4.44. The van der Waals surface area contributed by atoms with E-state index in [0.29, 0.717) is 13.2 Å². The van der Waals surface area contributed by atoms with Crippen LogP contribution >= 0.6 is 0 Å². The molecule has 2 aliphatic rings. The summed E-state index contributed by atoms with van der Waals surface area (Å²) in [4.78, 5) is 28.6. The summed E-state index contributed by atoms with van der Waals surface area (Å²) in [6.45, 7) is 2.35. The maximum Gasteiger partial charge on any atom is 0.410 e. The number of likely N-dealkylation sites (tertiary alicyclic amines) is 1. The van der Waals surface area contributed by atoms with Crippen LogP contribution < -0.4 is 4.90 Å². The number of fused-ring (bicyclic) bond motifs is 2. The molecule has 2 aromatic heterocycles. The van der Waals surface area contributed by atoms with E-state index in [9.17, 15) is 4.79 Å². The molecule has 2 saturated heterocycles. The molecule has 134 valence electrons. The van der Waals surface area contributed by atoms with Crippen molar-refractivity contribution in [1.82, 2.24) is 19.9 Å². The van der Waals surface area contributed by atoms with Crippen molar-refractivity contribution < 1.29 is 14.3 Å². The first kappa shape index (κ1) is 16.1. The molecule has 0 saturated carbocycles. The van der Waals surface area contributed by atoms with E-state index in [2.05, 4.69) is 19.9 Å². The van der Waals surface area contributed by atoms with Crippen molar-refractivity contribution in [2.45, 2.75) is 31.3 Å². The largest absolute Gasteiger partial charge is 0.447 e. The molecule has 0 aliphatic carbocycles. The second-order valence-electron chi connectivity index (χ2n) is 6.50. The number of nitrogens with zero attached hydrogens (tertiary/aromatic N) is 4. The van der Waals surface area contributed by atoms with E-state index in [4.69, 9.17) is 9.47 Å². The predicted octanol–water partition coefficient (Wildman–Crippen LogP) is 1.78. The number of amides is 1. The van der Waals surface area contributed by atoms with Gasteiger partial charge in [-0.25, -0.2) is 14.8 Å². The zero-order valence-electron chi connectivity index (χ0n) is 14.4. The summed E-state index contributed by atoms with van der Waals surface area (Å²) in [5.41, 5.74) is 0.847. The van der Waals surface area contributed by atoms with Crippen LogP contribution in [0.4, 0.5) is 10.6 Å². The van der Waals surface area contributed by atoms with Gasteiger partial charge < -0.3 is 24.3 Å². The minimum atomic E-state index is -0.233. The number of carbonyl (C=O) groups excluding carboxylic acids is 1. The lowest BCUT2D eigenvalue weighted by Crippen LogP contribution is -2.52. The van der Waals surface area contributed by atoms with Crippen LogP contribution in [-0.4, -0.2) is 71.4 Å². The second-order valence-corrected chi connectivity index (χ2v) is 6.50. The number of rotatable bonds is 4. The van der Waals surface area contributed by atoms with Crippen molar-refractivity contribution in [3.63, 3.8) is 0 Å². The Bertz CT molecular complexity index is 749. The first-order valence-corrected chi connectivity index (χ1v) is 8.76. The SMILES string of the molecule is COCCOC(=O)N1CCC[C@@H]2[C@H]1CCN2c1ncnc2[nH]ccc12. The minimum absolute atomic E-state index is 0.174. The number of anilines is 1. The highest BCUT2D eigenvalue weighted by molar-refractivity contribution is 5.87. The van der Waals surface area contributed by atoms with Crippen LogP contribution in [0.25, 0.3) is 11.0 Å². The summed E-state index contributed by atoms with van der Waals surface area (Å²) < 4.78 is 10.3. The quantitative estimate of drug-likeness (QED) is 0.851. The van der Waals surface area contributed by atoms with Gasteiger partial charge in [0.25, 0.3) is 0 Å². The Balaban J connectivity index is 1.53. The number of aromatic nitrogens is 3. The molecular formula is C17H23N5O3. The van der Waals surface area contributed by atoms with Crippen molar-refractivity contribution in [3.8, 4) is 0 Å². The lowest BCUT2D eigenvalue weighted by molar-refractivity contribution is 0.0519. The molecule has 2 aromatic rings. The Labute approximate surface area is 146 Å². The topological polar surface area (TPSA) is 83.6 Å². The van der Waals surface area contributed by atoms with Gasteiger partial charge in [0.1, 0.15) is 24.4 Å². The van der Waals surface area contributed by atoms with Gasteiger partial charge in [-0.2, -0.15) is 0 Å². The first-order valence-electron chi connectivity index (χ1n) is 8.76. The van der Waals surface area contributed by atoms with E-state index in [1.165, 1.54) is 0 Å². The van der Waals surface area contributed by atoms with Crippen LogP contribution in [0.1, 0.15) is 19.3 Å². The number of methoxy groups -OCH3 is 1. The third kappa shape index (κ3) is 2.90. The van der Waals surface area contributed by atoms with Crippen LogP contribution in [0.3, 0.4) is 0 Å². The minimum Gasteiger partial charge on any atom is -0.447 e. The van der Waals surface area contributed by atoms with E-state index >= 15 is 0 Å². The van der Waals surface area contributed by atoms with Gasteiger partial charge in [-0.15, -0.1) is 0 Å². The Hall–Kier alpha value is -2.35. The van der Waals surface area contributed by atoms with Gasteiger partial charge in [-0.3, -0.25) is 0 Å². The molecule has 0 radical (unpaired) electrons. The van der Waals surface area contributed by atoms with Crippen molar-refractivity contribution in [2.24, 2.45) is 0 Å². The number of piperidine rings is 1. The van der Waals surface area contributed by atoms with E-state index in [1.807, 2.05) is 17.2 Å². The highest BCUT2D eigenvalue weighted by Crippen LogP contribution is 2.36. The normalized spacial score (nSPS) is 23.1. The van der Waals surface area contributed by atoms with Crippen molar-refractivity contribution in [2.75, 3.05) is 38.3 Å². The van der Waals surface area contributed by atoms with Crippen LogP contribution in [0, 0.1) is 0 Å². The van der Waals surface area contributed by atoms with Crippen LogP contribution in [-0.2, 0) is 9.47 Å². The molecule has 8 heteroatoms. The van der Waals surface area contributed by atoms with Crippen LogP contribution in [0.2, 0.25) is 0 Å². The molecule has 25 heavy (non-hydrogen) atoms. The highest BCUT2D eigenvalue weighted by atomic mass is 16.6. The molecule has 2 atom stereocenters. The zero-order chi connectivity index (χ0) is 17.2. The van der Waals surface area contributed by atoms with Crippen LogP contribution in [0.5, 0.6) is 0 Å². The Morgan fingerprint density at radius 2 is 2.20 bits per heavy atom. The van der Waals surface area contributed by atoms with Gasteiger partial charge in [-0.1, -0.05) is 0 Å². The summed E-state index contributed by atoms with van der Waals surface area (Å²) in [5.74, 6) is 0.952. The van der Waals surface area contributed by atoms with E-state index < -0.39 is 0 Å². The number of aromatic amines is 1. The lowest BCUT2D eigenvalue weighted by atomic mass is 9.97. The molecule has 1 N–H and O–H groups in total. The number of hydrogen-bond acceptors (Lipinski definition) is 6. The fraction of sp³-hybridized carbons (Fsp3) is 0.588. The number of carbonyl (C=O) groups is 1. The molecule has 2 fully saturated rings. The second kappa shape index (κ2) is 6.87. The average molecular weight is 345 g/mol. The smallest absolute Gasteiger partial charge is 0.410 e. The number of hydrogen-bond donors (Lipinski definition) is 1. The van der Waals surface area contributed by atoms with Crippen molar-refractivity contribution in [1.29, 1.82) is 0 Å². The van der Waals surface area contributed by atoms with E-state index in [-0.39, 0.29) is 18.2 Å². The molecule has 8 nitrogen and oxygen atoms in total. The van der Waals surface area contributed by atoms with Gasteiger partial charge in [0.2, 0.25) is 0 Å². The molecule has 1 amide bonds. The van der Waals surface area contributed by atoms with Crippen molar-refractivity contribution in [3.05, 3.63) is 18.6 Å². The molecular weight excluding hydrogens is 322 g/mol. The maximum atomic E-state index is 12.4. The maximum absolute atomic E-state index is 12.4. The molecule has 0 unspecified atom stereocenters. The molecule has 4 heterocycles. The summed E-state index contributed by atoms with van der Waals surface area (Å²) >= 11 is 0. The fourth-order valence-corrected chi connectivity index (χ4v) is 4.06. The summed E-state index contributed by atoms with van der Waals surface area (Å²) in [6, 6.07) is 2.46. The fourth-order valence-electron chi connectivity index (χ4n) is 4.06. The highest BCUT2D eigenvalue weighted by Gasteiger charge is 2.43. The molecule has 2 aliphatic heterocycles. The van der Waals surface area contributed by atoms with Gasteiger partial charge in [0.15, 0.2) is 0 Å². The Morgan fingerprint density at radius 3 is 3.08 bits per heavy atom. The van der Waals surface area contributed by atoms with Crippen LogP contribution in [0.15, 0.2) is 18.6 Å². The van der Waals surface area contributed by atoms with Gasteiger partial charge in [0, 0.05) is 26.4 Å². The third-order valence-corrected chi connectivity index (χ3v) is 5.16. The molecule has 0 bridgehead atoms. The van der Waals surface area contributed by atoms with E-state index in [0.717, 1.165) is 49.2 Å². The number of ether oxygens (including phenoxy) is 2. The summed E-state index contributed by atoms with van der Waals surface area (Å²) in [6.07, 6.45) is 6.21. The standard InChI is InChI=1S/C17H23N5O3/c1-24-9-10-25-17(23)22-7-2-3-13-14(22)5-8-21(13)16-12-4-6-18-15(12)19-11-20-16/h4,6,11,13-14H,2-3,5,7-10H2,1H3,(H,18,19,20)/t13-,14-/m1/s1. The Morgan fingerprint density at radius 1 is 1.28 bits per heavy atom. The van der Waals surface area contributed by atoms with Gasteiger partial charge in [-0.05, 0) is 25.3 Å². The van der Waals surface area contributed by atoms with Gasteiger partial charge in [0.05, 0.1) is 24.1 Å². The first-order chi connectivity index (χ1) is 12.3. The number of H-pyrrole nitrogens is 1. The lowest BCUT2D eigenvalue weighted by Gasteiger charge is -2.39. The predicted molar refractivity (Wildman–Crippen MR) is 92.6 cm³/mol. The van der Waals surface area contributed by atoms with Gasteiger partial charge >= 0.3 is 6.09 Å². The van der Waals surface area contributed by atoms with Crippen molar-refractivity contribution >= 4 is 22.9 Å².